The van der Waals surface area contributed by atoms with E-state index in [1.54, 1.807) is 13.8 Å². The minimum absolute atomic E-state index is 0.133. The largest absolute Gasteiger partial charge is 0.465 e. The molecular weight excluding hydrogens is 246 g/mol. The van der Waals surface area contributed by atoms with Gasteiger partial charge in [0.2, 0.25) is 5.91 Å². The average molecular weight is 265 g/mol. The maximum atomic E-state index is 11.6. The summed E-state index contributed by atoms with van der Waals surface area (Å²) in [5.41, 5.74) is 0.993. The van der Waals surface area contributed by atoms with Crippen LogP contribution in [-0.2, 0) is 25.7 Å². The van der Waals surface area contributed by atoms with Crippen molar-refractivity contribution in [2.24, 2.45) is 0 Å². The molecule has 1 rings (SSSR count). The molecule has 0 aliphatic heterocycles. The molecule has 0 aliphatic rings. The zero-order chi connectivity index (χ0) is 14.1. The lowest BCUT2D eigenvalue weighted by molar-refractivity contribution is -0.145. The predicted octanol–water partition coefficient (Wildman–Crippen LogP) is 1.27. The van der Waals surface area contributed by atoms with E-state index < -0.39 is 12.1 Å². The van der Waals surface area contributed by atoms with Crippen LogP contribution in [0.15, 0.2) is 30.3 Å². The Morgan fingerprint density at radius 1 is 1.26 bits per heavy atom. The summed E-state index contributed by atoms with van der Waals surface area (Å²) in [5, 5.41) is 2.46. The molecule has 0 heterocycles. The minimum Gasteiger partial charge on any atom is -0.465 e. The van der Waals surface area contributed by atoms with Crippen LogP contribution >= 0.6 is 0 Å². The van der Waals surface area contributed by atoms with Crippen LogP contribution in [-0.4, -0.2) is 31.1 Å². The third-order valence-electron chi connectivity index (χ3n) is 2.42. The lowest BCUT2D eigenvalue weighted by Crippen LogP contribution is -2.38. The van der Waals surface area contributed by atoms with Gasteiger partial charge in [-0.05, 0) is 19.4 Å². The summed E-state index contributed by atoms with van der Waals surface area (Å²) >= 11 is 0. The van der Waals surface area contributed by atoms with E-state index in [-0.39, 0.29) is 12.5 Å². The molecule has 1 unspecified atom stereocenters. The molecule has 0 fully saturated rings. The molecule has 0 saturated carbocycles. The highest BCUT2D eigenvalue weighted by Gasteiger charge is 2.14. The fourth-order valence-corrected chi connectivity index (χ4v) is 1.39. The first-order valence-electron chi connectivity index (χ1n) is 6.22. The summed E-state index contributed by atoms with van der Waals surface area (Å²) in [4.78, 5) is 22.7. The van der Waals surface area contributed by atoms with Crippen LogP contribution in [0, 0.1) is 0 Å². The molecule has 104 valence electrons. The first-order valence-corrected chi connectivity index (χ1v) is 6.22. The molecule has 0 aliphatic carbocycles. The molecule has 0 spiro atoms. The number of hydrogen-bond donors (Lipinski definition) is 1. The molecule has 0 bridgehead atoms. The Morgan fingerprint density at radius 2 is 1.95 bits per heavy atom. The number of benzene rings is 1. The van der Waals surface area contributed by atoms with E-state index in [1.165, 1.54) is 0 Å². The molecule has 5 nitrogen and oxygen atoms in total. The summed E-state index contributed by atoms with van der Waals surface area (Å²) in [6, 6.07) is 9.57. The van der Waals surface area contributed by atoms with Crippen molar-refractivity contribution in [3.63, 3.8) is 0 Å². The highest BCUT2D eigenvalue weighted by molar-refractivity contribution is 5.84. The van der Waals surface area contributed by atoms with Crippen LogP contribution in [0.25, 0.3) is 0 Å². The predicted molar refractivity (Wildman–Crippen MR) is 70.3 cm³/mol. The van der Waals surface area contributed by atoms with Gasteiger partial charge in [0.25, 0.3) is 0 Å². The standard InChI is InChI=1S/C14H19NO4/c1-3-18-13(16)9-15-14(17)11(2)19-10-12-7-5-4-6-8-12/h4-8,11H,3,9-10H2,1-2H3,(H,15,17). The highest BCUT2D eigenvalue weighted by atomic mass is 16.5. The third kappa shape index (κ3) is 6.01. The summed E-state index contributed by atoms with van der Waals surface area (Å²) < 4.78 is 10.1. The molecule has 5 heteroatoms. The zero-order valence-corrected chi connectivity index (χ0v) is 11.2. The van der Waals surface area contributed by atoms with E-state index in [1.807, 2.05) is 30.3 Å². The van der Waals surface area contributed by atoms with E-state index in [0.29, 0.717) is 13.2 Å². The van der Waals surface area contributed by atoms with Gasteiger partial charge in [0.05, 0.1) is 13.2 Å². The van der Waals surface area contributed by atoms with E-state index >= 15 is 0 Å². The van der Waals surface area contributed by atoms with Gasteiger partial charge in [-0.15, -0.1) is 0 Å². The van der Waals surface area contributed by atoms with Crippen molar-refractivity contribution in [2.45, 2.75) is 26.6 Å². The zero-order valence-electron chi connectivity index (χ0n) is 11.2. The maximum Gasteiger partial charge on any atom is 0.325 e. The van der Waals surface area contributed by atoms with Crippen LogP contribution in [0.4, 0.5) is 0 Å². The summed E-state index contributed by atoms with van der Waals surface area (Å²) in [5.74, 6) is -0.782. The van der Waals surface area contributed by atoms with Gasteiger partial charge < -0.3 is 14.8 Å². The molecule has 0 radical (unpaired) electrons. The number of carbonyl (C=O) groups excluding carboxylic acids is 2. The minimum atomic E-state index is -0.616. The topological polar surface area (TPSA) is 64.6 Å². The second-order valence-electron chi connectivity index (χ2n) is 3.96. The summed E-state index contributed by atoms with van der Waals surface area (Å²) in [6.45, 7) is 3.88. The Bertz CT molecular complexity index is 405. The van der Waals surface area contributed by atoms with Crippen molar-refractivity contribution < 1.29 is 19.1 Å². The number of hydrogen-bond acceptors (Lipinski definition) is 4. The van der Waals surface area contributed by atoms with Gasteiger partial charge in [0.1, 0.15) is 12.6 Å². The first kappa shape index (κ1) is 15.2. The first-order chi connectivity index (χ1) is 9.13. The number of carbonyl (C=O) groups is 2. The van der Waals surface area contributed by atoms with Gasteiger partial charge in [-0.1, -0.05) is 30.3 Å². The quantitative estimate of drug-likeness (QED) is 0.754. The Morgan fingerprint density at radius 3 is 2.58 bits per heavy atom. The number of esters is 1. The van der Waals surface area contributed by atoms with Gasteiger partial charge in [-0.3, -0.25) is 9.59 Å². The van der Waals surface area contributed by atoms with Crippen LogP contribution in [0.1, 0.15) is 19.4 Å². The SMILES string of the molecule is CCOC(=O)CNC(=O)C(C)OCc1ccccc1. The Balaban J connectivity index is 2.27. The number of amides is 1. The average Bonchev–Trinajstić information content (AvgIpc) is 2.43. The van der Waals surface area contributed by atoms with Gasteiger partial charge in [0.15, 0.2) is 0 Å². The maximum absolute atomic E-state index is 11.6. The smallest absolute Gasteiger partial charge is 0.325 e. The second-order valence-corrected chi connectivity index (χ2v) is 3.96. The Kier molecular flexibility index (Phi) is 6.60. The summed E-state index contributed by atoms with van der Waals surface area (Å²) in [6.07, 6.45) is -0.616. The van der Waals surface area contributed by atoms with Crippen LogP contribution < -0.4 is 5.32 Å². The van der Waals surface area contributed by atoms with E-state index in [2.05, 4.69) is 5.32 Å². The molecule has 19 heavy (non-hydrogen) atoms. The van der Waals surface area contributed by atoms with Crippen molar-refractivity contribution >= 4 is 11.9 Å². The Hall–Kier alpha value is -1.88. The van der Waals surface area contributed by atoms with Crippen molar-refractivity contribution in [2.75, 3.05) is 13.2 Å². The normalized spacial score (nSPS) is 11.7. The molecule has 1 N–H and O–H groups in total. The third-order valence-corrected chi connectivity index (χ3v) is 2.42. The molecule has 1 aromatic carbocycles. The summed E-state index contributed by atoms with van der Waals surface area (Å²) in [7, 11) is 0. The lowest BCUT2D eigenvalue weighted by Gasteiger charge is -2.13. The van der Waals surface area contributed by atoms with Crippen molar-refractivity contribution in [1.29, 1.82) is 0 Å². The van der Waals surface area contributed by atoms with E-state index in [9.17, 15) is 9.59 Å². The van der Waals surface area contributed by atoms with Gasteiger partial charge >= 0.3 is 5.97 Å². The van der Waals surface area contributed by atoms with Crippen molar-refractivity contribution in [3.8, 4) is 0 Å². The van der Waals surface area contributed by atoms with Gasteiger partial charge in [-0.2, -0.15) is 0 Å². The molecular formula is C14H19NO4. The lowest BCUT2D eigenvalue weighted by atomic mass is 10.2. The molecule has 0 saturated heterocycles. The van der Waals surface area contributed by atoms with E-state index in [4.69, 9.17) is 9.47 Å². The number of nitrogens with one attached hydrogen (secondary N) is 1. The highest BCUT2D eigenvalue weighted by Crippen LogP contribution is 2.03. The monoisotopic (exact) mass is 265 g/mol. The second kappa shape index (κ2) is 8.26. The fourth-order valence-electron chi connectivity index (χ4n) is 1.39. The van der Waals surface area contributed by atoms with Crippen molar-refractivity contribution in [3.05, 3.63) is 35.9 Å². The van der Waals surface area contributed by atoms with Crippen LogP contribution in [0.3, 0.4) is 0 Å². The Labute approximate surface area is 112 Å². The van der Waals surface area contributed by atoms with Crippen molar-refractivity contribution in [1.82, 2.24) is 5.32 Å². The van der Waals surface area contributed by atoms with Crippen LogP contribution in [0.5, 0.6) is 0 Å². The number of rotatable bonds is 7. The molecule has 0 aromatic heterocycles. The molecule has 1 aromatic rings. The molecule has 1 amide bonds. The number of ether oxygens (including phenoxy) is 2. The molecule has 1 atom stereocenters. The van der Waals surface area contributed by atoms with Gasteiger partial charge in [0, 0.05) is 0 Å². The van der Waals surface area contributed by atoms with Gasteiger partial charge in [-0.25, -0.2) is 0 Å². The van der Waals surface area contributed by atoms with E-state index in [0.717, 1.165) is 5.56 Å². The van der Waals surface area contributed by atoms with Crippen LogP contribution in [0.2, 0.25) is 0 Å². The fraction of sp³-hybridized carbons (Fsp3) is 0.429.